The van der Waals surface area contributed by atoms with Gasteiger partial charge in [-0.05, 0) is 56.8 Å². The van der Waals surface area contributed by atoms with E-state index in [2.05, 4.69) is 45.9 Å². The van der Waals surface area contributed by atoms with Gasteiger partial charge < -0.3 is 15.5 Å². The number of carbonyl (C=O) groups is 1. The first kappa shape index (κ1) is 21.1. The standard InChI is InChI=1S/C18H27N3O.2ClH/c22-18(7-6-15-8-11-19-14-15)20-16-9-12-21(13-10-16)17-4-2-1-3-5-17;;/h1-5,15-16,19H,6-14H2,(H,20,22);2*1H. The zero-order valence-electron chi connectivity index (χ0n) is 14.1. The number of para-hydroxylation sites is 1. The predicted octanol–water partition coefficient (Wildman–Crippen LogP) is 3.00. The van der Waals surface area contributed by atoms with E-state index in [-0.39, 0.29) is 30.7 Å². The average molecular weight is 374 g/mol. The summed E-state index contributed by atoms with van der Waals surface area (Å²) in [5, 5.41) is 6.59. The maximum atomic E-state index is 12.1. The van der Waals surface area contributed by atoms with Crippen molar-refractivity contribution in [2.75, 3.05) is 31.1 Å². The van der Waals surface area contributed by atoms with Gasteiger partial charge in [0, 0.05) is 31.2 Å². The summed E-state index contributed by atoms with van der Waals surface area (Å²) in [6.45, 7) is 4.26. The van der Waals surface area contributed by atoms with E-state index in [0.717, 1.165) is 45.4 Å². The van der Waals surface area contributed by atoms with Gasteiger partial charge in [0.25, 0.3) is 0 Å². The zero-order valence-corrected chi connectivity index (χ0v) is 15.7. The number of amides is 1. The zero-order chi connectivity index (χ0) is 15.2. The fraction of sp³-hybridized carbons (Fsp3) is 0.611. The molecule has 2 N–H and O–H groups in total. The monoisotopic (exact) mass is 373 g/mol. The summed E-state index contributed by atoms with van der Waals surface area (Å²) in [6, 6.07) is 10.9. The van der Waals surface area contributed by atoms with Crippen LogP contribution in [0.2, 0.25) is 0 Å². The Morgan fingerprint density at radius 2 is 1.83 bits per heavy atom. The molecule has 2 aliphatic heterocycles. The molecule has 24 heavy (non-hydrogen) atoms. The van der Waals surface area contributed by atoms with Gasteiger partial charge >= 0.3 is 0 Å². The van der Waals surface area contributed by atoms with E-state index in [1.807, 2.05) is 0 Å². The maximum Gasteiger partial charge on any atom is 0.220 e. The number of anilines is 1. The molecule has 4 nitrogen and oxygen atoms in total. The highest BCUT2D eigenvalue weighted by molar-refractivity contribution is 5.85. The Balaban J connectivity index is 0.00000144. The Kier molecular flexibility index (Phi) is 9.49. The first-order valence-electron chi connectivity index (χ1n) is 8.61. The molecule has 1 aromatic rings. The summed E-state index contributed by atoms with van der Waals surface area (Å²) < 4.78 is 0. The lowest BCUT2D eigenvalue weighted by molar-refractivity contribution is -0.122. The number of benzene rings is 1. The molecular formula is C18H29Cl2N3O. The van der Waals surface area contributed by atoms with Crippen molar-refractivity contribution in [1.29, 1.82) is 0 Å². The minimum Gasteiger partial charge on any atom is -0.371 e. The van der Waals surface area contributed by atoms with Gasteiger partial charge in [0.05, 0.1) is 0 Å². The fourth-order valence-corrected chi connectivity index (χ4v) is 3.52. The third-order valence-electron chi connectivity index (χ3n) is 4.92. The SMILES string of the molecule is Cl.Cl.O=C(CCC1CCNC1)NC1CCN(c2ccccc2)CC1. The predicted molar refractivity (Wildman–Crippen MR) is 105 cm³/mol. The lowest BCUT2D eigenvalue weighted by Crippen LogP contribution is -2.44. The molecule has 0 saturated carbocycles. The minimum absolute atomic E-state index is 0. The van der Waals surface area contributed by atoms with Gasteiger partial charge in [-0.3, -0.25) is 4.79 Å². The largest absolute Gasteiger partial charge is 0.371 e. The van der Waals surface area contributed by atoms with Crippen molar-refractivity contribution in [3.05, 3.63) is 30.3 Å². The van der Waals surface area contributed by atoms with Crippen LogP contribution in [0, 0.1) is 5.92 Å². The van der Waals surface area contributed by atoms with Gasteiger partial charge in [-0.2, -0.15) is 0 Å². The third kappa shape index (κ3) is 6.15. The minimum atomic E-state index is 0. The maximum absolute atomic E-state index is 12.1. The highest BCUT2D eigenvalue weighted by Crippen LogP contribution is 2.20. The lowest BCUT2D eigenvalue weighted by atomic mass is 10.0. The molecule has 2 saturated heterocycles. The molecule has 2 aliphatic rings. The van der Waals surface area contributed by atoms with Crippen LogP contribution >= 0.6 is 24.8 Å². The van der Waals surface area contributed by atoms with Crippen LogP contribution in [0.15, 0.2) is 30.3 Å². The van der Waals surface area contributed by atoms with Crippen molar-refractivity contribution in [3.63, 3.8) is 0 Å². The van der Waals surface area contributed by atoms with Crippen molar-refractivity contribution in [1.82, 2.24) is 10.6 Å². The van der Waals surface area contributed by atoms with Crippen LogP contribution in [0.1, 0.15) is 32.1 Å². The van der Waals surface area contributed by atoms with Gasteiger partial charge in [-0.15, -0.1) is 24.8 Å². The number of carbonyl (C=O) groups excluding carboxylic acids is 1. The second-order valence-electron chi connectivity index (χ2n) is 6.56. The van der Waals surface area contributed by atoms with E-state index in [1.54, 1.807) is 0 Å². The average Bonchev–Trinajstić information content (AvgIpc) is 3.08. The van der Waals surface area contributed by atoms with Crippen LogP contribution < -0.4 is 15.5 Å². The quantitative estimate of drug-likeness (QED) is 0.833. The molecule has 1 amide bonds. The Morgan fingerprint density at radius 1 is 1.12 bits per heavy atom. The van der Waals surface area contributed by atoms with E-state index in [1.165, 1.54) is 12.1 Å². The highest BCUT2D eigenvalue weighted by Gasteiger charge is 2.21. The van der Waals surface area contributed by atoms with Crippen molar-refractivity contribution in [3.8, 4) is 0 Å². The van der Waals surface area contributed by atoms with E-state index >= 15 is 0 Å². The van der Waals surface area contributed by atoms with Gasteiger partial charge in [0.2, 0.25) is 5.91 Å². The van der Waals surface area contributed by atoms with E-state index in [0.29, 0.717) is 18.4 Å². The van der Waals surface area contributed by atoms with Crippen LogP contribution in [-0.4, -0.2) is 38.1 Å². The molecule has 1 atom stereocenters. The normalized spacial score (nSPS) is 20.8. The molecule has 2 heterocycles. The summed E-state index contributed by atoms with van der Waals surface area (Å²) in [5.74, 6) is 0.940. The van der Waals surface area contributed by atoms with Gasteiger partial charge in [-0.1, -0.05) is 18.2 Å². The van der Waals surface area contributed by atoms with Crippen molar-refractivity contribution in [2.45, 2.75) is 38.1 Å². The van der Waals surface area contributed by atoms with Crippen molar-refractivity contribution in [2.24, 2.45) is 5.92 Å². The summed E-state index contributed by atoms with van der Waals surface area (Å²) in [5.41, 5.74) is 1.29. The summed E-state index contributed by atoms with van der Waals surface area (Å²) in [6.07, 6.45) is 5.03. The van der Waals surface area contributed by atoms with Crippen molar-refractivity contribution >= 4 is 36.4 Å². The smallest absolute Gasteiger partial charge is 0.220 e. The van der Waals surface area contributed by atoms with Gasteiger partial charge in [0.1, 0.15) is 0 Å². The first-order valence-corrected chi connectivity index (χ1v) is 8.61. The molecule has 3 rings (SSSR count). The number of halogens is 2. The van der Waals surface area contributed by atoms with Gasteiger partial charge in [0.15, 0.2) is 0 Å². The number of nitrogens with one attached hydrogen (secondary N) is 2. The molecule has 2 fully saturated rings. The number of piperidine rings is 1. The Hall–Kier alpha value is -0.970. The topological polar surface area (TPSA) is 44.4 Å². The van der Waals surface area contributed by atoms with Crippen molar-refractivity contribution < 1.29 is 4.79 Å². The number of rotatable bonds is 5. The van der Waals surface area contributed by atoms with E-state index in [9.17, 15) is 4.79 Å². The fourth-order valence-electron chi connectivity index (χ4n) is 3.52. The number of nitrogens with zero attached hydrogens (tertiary/aromatic N) is 1. The lowest BCUT2D eigenvalue weighted by Gasteiger charge is -2.34. The third-order valence-corrected chi connectivity index (χ3v) is 4.92. The summed E-state index contributed by atoms with van der Waals surface area (Å²) in [4.78, 5) is 14.5. The second-order valence-corrected chi connectivity index (χ2v) is 6.56. The van der Waals surface area contributed by atoms with Crippen LogP contribution in [0.5, 0.6) is 0 Å². The summed E-state index contributed by atoms with van der Waals surface area (Å²) in [7, 11) is 0. The summed E-state index contributed by atoms with van der Waals surface area (Å²) >= 11 is 0. The molecule has 136 valence electrons. The highest BCUT2D eigenvalue weighted by atomic mass is 35.5. The molecule has 0 bridgehead atoms. The molecule has 6 heteroatoms. The van der Waals surface area contributed by atoms with Crippen LogP contribution in [0.25, 0.3) is 0 Å². The Bertz CT molecular complexity index is 472. The molecule has 0 radical (unpaired) electrons. The molecule has 0 aromatic heterocycles. The van der Waals surface area contributed by atoms with Crippen LogP contribution in [0.4, 0.5) is 5.69 Å². The molecule has 1 unspecified atom stereocenters. The molecule has 1 aromatic carbocycles. The first-order chi connectivity index (χ1) is 10.8. The van der Waals surface area contributed by atoms with E-state index < -0.39 is 0 Å². The molecule has 0 spiro atoms. The Labute approximate surface area is 157 Å². The number of hydrogen-bond acceptors (Lipinski definition) is 3. The molecule has 0 aliphatic carbocycles. The van der Waals surface area contributed by atoms with E-state index in [4.69, 9.17) is 0 Å². The van der Waals surface area contributed by atoms with Crippen LogP contribution in [-0.2, 0) is 4.79 Å². The van der Waals surface area contributed by atoms with Crippen LogP contribution in [0.3, 0.4) is 0 Å². The Morgan fingerprint density at radius 3 is 2.46 bits per heavy atom. The second kappa shape index (κ2) is 10.8. The van der Waals surface area contributed by atoms with Gasteiger partial charge in [-0.25, -0.2) is 0 Å². The molecular weight excluding hydrogens is 345 g/mol. The number of hydrogen-bond donors (Lipinski definition) is 2.